The maximum Gasteiger partial charge on any atom is 0.275 e. The van der Waals surface area contributed by atoms with Crippen LogP contribution in [0.25, 0.3) is 5.65 Å². The van der Waals surface area contributed by atoms with Gasteiger partial charge in [0, 0.05) is 47.6 Å². The number of ether oxygens (including phenoxy) is 1. The molecule has 28 heavy (non-hydrogen) atoms. The molecule has 1 unspecified atom stereocenters. The first-order valence-electron chi connectivity index (χ1n) is 9.46. The van der Waals surface area contributed by atoms with E-state index in [1.807, 2.05) is 42.2 Å². The largest absolute Gasteiger partial charge is 0.496 e. The summed E-state index contributed by atoms with van der Waals surface area (Å²) in [5.74, 6) is 0.992. The van der Waals surface area contributed by atoms with Gasteiger partial charge in [-0.25, -0.2) is 9.50 Å². The number of aryl methyl sites for hydroxylation is 1. The molecule has 1 N–H and O–H groups in total. The molecule has 0 radical (unpaired) electrons. The second-order valence-electron chi connectivity index (χ2n) is 7.35. The van der Waals surface area contributed by atoms with Crippen molar-refractivity contribution in [1.82, 2.24) is 19.5 Å². The van der Waals surface area contributed by atoms with Crippen LogP contribution >= 0.6 is 0 Å². The highest BCUT2D eigenvalue weighted by molar-refractivity contribution is 5.80. The standard InChI is InChI=1S/C21H24N4O3/c1-13-14(2)22-19-11-17(23-25(19)21(13)27)16-8-9-24(12-16)20(26)10-15-6-4-5-7-18(15)28-3/h4-7,11,16,23H,8-10,12H2,1-3H3. The molecule has 1 fully saturated rings. The Morgan fingerprint density at radius 2 is 2.11 bits per heavy atom. The Labute approximate surface area is 162 Å². The number of hydrogen-bond acceptors (Lipinski definition) is 4. The van der Waals surface area contributed by atoms with E-state index < -0.39 is 0 Å². The third kappa shape index (κ3) is 3.17. The second kappa shape index (κ2) is 7.14. The van der Waals surface area contributed by atoms with Gasteiger partial charge in [0.25, 0.3) is 5.56 Å². The minimum atomic E-state index is -0.0733. The van der Waals surface area contributed by atoms with Gasteiger partial charge in [-0.15, -0.1) is 0 Å². The van der Waals surface area contributed by atoms with Gasteiger partial charge in [0.2, 0.25) is 5.91 Å². The zero-order valence-electron chi connectivity index (χ0n) is 16.4. The molecule has 3 heterocycles. The molecule has 7 nitrogen and oxygen atoms in total. The number of carbonyl (C=O) groups excluding carboxylic acids is 1. The lowest BCUT2D eigenvalue weighted by Crippen LogP contribution is -2.30. The number of amides is 1. The van der Waals surface area contributed by atoms with Crippen molar-refractivity contribution in [3.8, 4) is 5.75 Å². The molecule has 3 aromatic rings. The molecule has 7 heteroatoms. The van der Waals surface area contributed by atoms with Crippen LogP contribution in [0.4, 0.5) is 0 Å². The predicted octanol–water partition coefficient (Wildman–Crippen LogP) is 2.21. The number of aromatic nitrogens is 3. The lowest BCUT2D eigenvalue weighted by atomic mass is 10.1. The third-order valence-corrected chi connectivity index (χ3v) is 5.62. The highest BCUT2D eigenvalue weighted by Crippen LogP contribution is 2.28. The Kier molecular flexibility index (Phi) is 4.66. The highest BCUT2D eigenvalue weighted by atomic mass is 16.5. The first kappa shape index (κ1) is 18.3. The number of carbonyl (C=O) groups is 1. The fraction of sp³-hybridized carbons (Fsp3) is 0.381. The molecule has 1 aromatic carbocycles. The van der Waals surface area contributed by atoms with Crippen LogP contribution < -0.4 is 10.3 Å². The van der Waals surface area contributed by atoms with Crippen LogP contribution in [0.5, 0.6) is 5.75 Å². The Bertz CT molecular complexity index is 1100. The summed E-state index contributed by atoms with van der Waals surface area (Å²) in [6.45, 7) is 4.96. The molecule has 0 spiro atoms. The van der Waals surface area contributed by atoms with Crippen LogP contribution in [0, 0.1) is 13.8 Å². The van der Waals surface area contributed by atoms with Crippen molar-refractivity contribution < 1.29 is 9.53 Å². The number of nitrogens with zero attached hydrogens (tertiary/aromatic N) is 3. The number of fused-ring (bicyclic) bond motifs is 1. The third-order valence-electron chi connectivity index (χ3n) is 5.62. The first-order valence-corrected chi connectivity index (χ1v) is 9.46. The fourth-order valence-corrected chi connectivity index (χ4v) is 3.81. The quantitative estimate of drug-likeness (QED) is 0.753. The van der Waals surface area contributed by atoms with E-state index in [9.17, 15) is 9.59 Å². The fourth-order valence-electron chi connectivity index (χ4n) is 3.81. The molecular formula is C21H24N4O3. The Hall–Kier alpha value is -3.09. The van der Waals surface area contributed by atoms with Gasteiger partial charge >= 0.3 is 0 Å². The van der Waals surface area contributed by atoms with Gasteiger partial charge in [0.15, 0.2) is 5.65 Å². The van der Waals surface area contributed by atoms with Crippen molar-refractivity contribution in [2.24, 2.45) is 0 Å². The molecule has 2 aromatic heterocycles. The summed E-state index contributed by atoms with van der Waals surface area (Å²) >= 11 is 0. The minimum Gasteiger partial charge on any atom is -0.496 e. The highest BCUT2D eigenvalue weighted by Gasteiger charge is 2.29. The van der Waals surface area contributed by atoms with Crippen molar-refractivity contribution in [2.45, 2.75) is 32.6 Å². The van der Waals surface area contributed by atoms with Crippen molar-refractivity contribution in [3.63, 3.8) is 0 Å². The molecule has 0 saturated carbocycles. The summed E-state index contributed by atoms with van der Waals surface area (Å²) in [5.41, 5.74) is 3.78. The molecule has 4 rings (SSSR count). The number of aromatic amines is 1. The van der Waals surface area contributed by atoms with Crippen LogP contribution in [0.3, 0.4) is 0 Å². The van der Waals surface area contributed by atoms with E-state index >= 15 is 0 Å². The smallest absolute Gasteiger partial charge is 0.275 e. The monoisotopic (exact) mass is 380 g/mol. The van der Waals surface area contributed by atoms with Crippen molar-refractivity contribution in [3.05, 3.63) is 63.2 Å². The van der Waals surface area contributed by atoms with E-state index in [2.05, 4.69) is 10.1 Å². The summed E-state index contributed by atoms with van der Waals surface area (Å²) in [5, 5.41) is 3.18. The molecule has 0 aliphatic carbocycles. The number of methoxy groups -OCH3 is 1. The van der Waals surface area contributed by atoms with Crippen molar-refractivity contribution >= 4 is 11.6 Å². The van der Waals surface area contributed by atoms with Gasteiger partial charge in [-0.3, -0.25) is 14.7 Å². The molecule has 0 bridgehead atoms. The van der Waals surface area contributed by atoms with E-state index in [0.717, 1.165) is 29.1 Å². The molecular weight excluding hydrogens is 356 g/mol. The Balaban J connectivity index is 1.51. The van der Waals surface area contributed by atoms with E-state index in [1.54, 1.807) is 14.0 Å². The molecule has 1 aliphatic heterocycles. The zero-order chi connectivity index (χ0) is 19.8. The number of likely N-dealkylation sites (tertiary alicyclic amines) is 1. The topological polar surface area (TPSA) is 79.7 Å². The SMILES string of the molecule is COc1ccccc1CC(=O)N1CCC(c2cc3nc(C)c(C)c(=O)n3[nH]2)C1. The number of hydrogen-bond donors (Lipinski definition) is 1. The Morgan fingerprint density at radius 1 is 1.32 bits per heavy atom. The molecule has 146 valence electrons. The molecule has 1 atom stereocenters. The van der Waals surface area contributed by atoms with Gasteiger partial charge in [-0.1, -0.05) is 18.2 Å². The van der Waals surface area contributed by atoms with E-state index in [1.165, 1.54) is 4.52 Å². The Morgan fingerprint density at radius 3 is 2.89 bits per heavy atom. The van der Waals surface area contributed by atoms with Gasteiger partial charge < -0.3 is 9.64 Å². The van der Waals surface area contributed by atoms with Gasteiger partial charge in [0.05, 0.1) is 13.5 Å². The molecule has 1 amide bonds. The van der Waals surface area contributed by atoms with Gasteiger partial charge in [-0.2, -0.15) is 0 Å². The maximum absolute atomic E-state index is 12.8. The van der Waals surface area contributed by atoms with E-state index in [4.69, 9.17) is 4.74 Å². The number of H-pyrrole nitrogens is 1. The van der Waals surface area contributed by atoms with E-state index in [0.29, 0.717) is 30.7 Å². The summed E-state index contributed by atoms with van der Waals surface area (Å²) in [6, 6.07) is 9.52. The van der Waals surface area contributed by atoms with Crippen molar-refractivity contribution in [2.75, 3.05) is 20.2 Å². The number of para-hydroxylation sites is 1. The predicted molar refractivity (Wildman–Crippen MR) is 106 cm³/mol. The number of nitrogens with one attached hydrogen (secondary N) is 1. The zero-order valence-corrected chi connectivity index (χ0v) is 16.4. The summed E-state index contributed by atoms with van der Waals surface area (Å²) < 4.78 is 6.85. The first-order chi connectivity index (χ1) is 13.5. The molecule has 1 aliphatic rings. The summed E-state index contributed by atoms with van der Waals surface area (Å²) in [6.07, 6.45) is 1.18. The maximum atomic E-state index is 12.8. The van der Waals surface area contributed by atoms with Crippen molar-refractivity contribution in [1.29, 1.82) is 0 Å². The number of benzene rings is 1. The van der Waals surface area contributed by atoms with Crippen LogP contribution in [0.1, 0.15) is 34.9 Å². The average Bonchev–Trinajstić information content (AvgIpc) is 3.34. The number of rotatable bonds is 4. The van der Waals surface area contributed by atoms with Crippen LogP contribution in [0.15, 0.2) is 35.1 Å². The normalized spacial score (nSPS) is 16.7. The van der Waals surface area contributed by atoms with Gasteiger partial charge in [0.1, 0.15) is 5.75 Å². The summed E-state index contributed by atoms with van der Waals surface area (Å²) in [7, 11) is 1.62. The average molecular weight is 380 g/mol. The van der Waals surface area contributed by atoms with E-state index in [-0.39, 0.29) is 17.4 Å². The summed E-state index contributed by atoms with van der Waals surface area (Å²) in [4.78, 5) is 31.6. The lowest BCUT2D eigenvalue weighted by molar-refractivity contribution is -0.129. The lowest BCUT2D eigenvalue weighted by Gasteiger charge is -2.17. The minimum absolute atomic E-state index is 0.0733. The molecule has 1 saturated heterocycles. The van der Waals surface area contributed by atoms with Crippen LogP contribution in [-0.2, 0) is 11.2 Å². The van der Waals surface area contributed by atoms with Gasteiger partial charge in [-0.05, 0) is 26.3 Å². The van der Waals surface area contributed by atoms with Crippen LogP contribution in [0.2, 0.25) is 0 Å². The second-order valence-corrected chi connectivity index (χ2v) is 7.35. The van der Waals surface area contributed by atoms with Crippen LogP contribution in [-0.4, -0.2) is 45.6 Å².